The predicted octanol–water partition coefficient (Wildman–Crippen LogP) is 2.13. The maximum atomic E-state index is 12.4. The van der Waals surface area contributed by atoms with Crippen LogP contribution in [-0.4, -0.2) is 14.3 Å². The van der Waals surface area contributed by atoms with Crippen molar-refractivity contribution < 1.29 is 13.2 Å². The molecule has 0 aliphatic carbocycles. The highest BCUT2D eigenvalue weighted by molar-refractivity contribution is 7.89. The average Bonchev–Trinajstić information content (AvgIpc) is 2.47. The summed E-state index contributed by atoms with van der Waals surface area (Å²) < 4.78 is 27.5. The van der Waals surface area contributed by atoms with Gasteiger partial charge in [0.15, 0.2) is 0 Å². The molecular weight excluding hydrogens is 300 g/mol. The lowest BCUT2D eigenvalue weighted by atomic mass is 10.1. The molecule has 2 aromatic rings. The fourth-order valence-electron chi connectivity index (χ4n) is 2.14. The number of rotatable bonds is 5. The number of nitrogens with one attached hydrogen (secondary N) is 1. The first kappa shape index (κ1) is 16.2. The van der Waals surface area contributed by atoms with Gasteiger partial charge >= 0.3 is 0 Å². The van der Waals surface area contributed by atoms with E-state index in [0.29, 0.717) is 5.56 Å². The van der Waals surface area contributed by atoms with Crippen LogP contribution in [0, 0.1) is 6.92 Å². The lowest BCUT2D eigenvalue weighted by Crippen LogP contribution is -2.27. The maximum absolute atomic E-state index is 12.4. The summed E-state index contributed by atoms with van der Waals surface area (Å²) in [5.74, 6) is -0.648. The van der Waals surface area contributed by atoms with Gasteiger partial charge in [0.05, 0.1) is 4.90 Å². The van der Waals surface area contributed by atoms with Gasteiger partial charge in [-0.2, -0.15) is 0 Å². The predicted molar refractivity (Wildman–Crippen MR) is 84.9 cm³/mol. The smallest absolute Gasteiger partial charge is 0.249 e. The summed E-state index contributed by atoms with van der Waals surface area (Å²) in [7, 11) is -3.74. The van der Waals surface area contributed by atoms with E-state index in [-0.39, 0.29) is 16.5 Å². The summed E-state index contributed by atoms with van der Waals surface area (Å²) in [5, 5.41) is 0. The van der Waals surface area contributed by atoms with Crippen LogP contribution in [0.4, 0.5) is 0 Å². The lowest BCUT2D eigenvalue weighted by Gasteiger charge is -2.15. The van der Waals surface area contributed by atoms with Gasteiger partial charge in [-0.05, 0) is 37.1 Å². The standard InChI is InChI=1S/C16H18N2O3S/c1-11-8-9-14(10-15(11)16(17)19)22(20,21)18-12(2)13-6-4-3-5-7-13/h3-10,12,18H,1-2H3,(H2,17,19)/t12-/m0/s1. The quantitative estimate of drug-likeness (QED) is 0.885. The number of nitrogens with two attached hydrogens (primary N) is 1. The zero-order valence-electron chi connectivity index (χ0n) is 12.4. The third-order valence-corrected chi connectivity index (χ3v) is 4.95. The number of benzene rings is 2. The van der Waals surface area contributed by atoms with E-state index in [1.54, 1.807) is 19.9 Å². The number of amides is 1. The van der Waals surface area contributed by atoms with Crippen molar-refractivity contribution in [3.05, 3.63) is 65.2 Å². The van der Waals surface area contributed by atoms with E-state index in [1.807, 2.05) is 30.3 Å². The number of primary amides is 1. The van der Waals surface area contributed by atoms with Crippen molar-refractivity contribution in [3.63, 3.8) is 0 Å². The lowest BCUT2D eigenvalue weighted by molar-refractivity contribution is 0.0999. The molecule has 0 radical (unpaired) electrons. The first-order valence-electron chi connectivity index (χ1n) is 6.79. The van der Waals surface area contributed by atoms with Gasteiger partial charge in [-0.25, -0.2) is 13.1 Å². The molecule has 0 aliphatic heterocycles. The van der Waals surface area contributed by atoms with E-state index in [9.17, 15) is 13.2 Å². The number of hydrogen-bond acceptors (Lipinski definition) is 3. The Morgan fingerprint density at radius 2 is 1.77 bits per heavy atom. The van der Waals surface area contributed by atoms with Gasteiger partial charge < -0.3 is 5.73 Å². The van der Waals surface area contributed by atoms with Gasteiger partial charge in [0, 0.05) is 11.6 Å². The van der Waals surface area contributed by atoms with Crippen LogP contribution < -0.4 is 10.5 Å². The minimum Gasteiger partial charge on any atom is -0.366 e. The topological polar surface area (TPSA) is 89.3 Å². The Balaban J connectivity index is 2.31. The molecule has 2 aromatic carbocycles. The monoisotopic (exact) mass is 318 g/mol. The first-order valence-corrected chi connectivity index (χ1v) is 8.27. The molecule has 0 saturated heterocycles. The molecule has 116 valence electrons. The Labute approximate surface area is 130 Å². The number of aryl methyl sites for hydroxylation is 1. The summed E-state index contributed by atoms with van der Waals surface area (Å²) in [6, 6.07) is 13.2. The van der Waals surface area contributed by atoms with Crippen molar-refractivity contribution in [2.75, 3.05) is 0 Å². The van der Waals surface area contributed by atoms with E-state index >= 15 is 0 Å². The van der Waals surface area contributed by atoms with Crippen LogP contribution in [-0.2, 0) is 10.0 Å². The first-order chi connectivity index (χ1) is 10.3. The molecule has 22 heavy (non-hydrogen) atoms. The zero-order chi connectivity index (χ0) is 16.3. The van der Waals surface area contributed by atoms with Crippen molar-refractivity contribution in [2.45, 2.75) is 24.8 Å². The van der Waals surface area contributed by atoms with Gasteiger partial charge in [-0.15, -0.1) is 0 Å². The van der Waals surface area contributed by atoms with Gasteiger partial charge in [-0.1, -0.05) is 36.4 Å². The summed E-state index contributed by atoms with van der Waals surface area (Å²) in [5.41, 5.74) is 6.97. The van der Waals surface area contributed by atoms with Crippen molar-refractivity contribution in [1.82, 2.24) is 4.72 Å². The van der Waals surface area contributed by atoms with Crippen LogP contribution in [0.25, 0.3) is 0 Å². The maximum Gasteiger partial charge on any atom is 0.249 e. The largest absolute Gasteiger partial charge is 0.366 e. The van der Waals surface area contributed by atoms with Gasteiger partial charge in [0.1, 0.15) is 0 Å². The van der Waals surface area contributed by atoms with Crippen LogP contribution >= 0.6 is 0 Å². The van der Waals surface area contributed by atoms with Crippen LogP contribution in [0.15, 0.2) is 53.4 Å². The van der Waals surface area contributed by atoms with Crippen molar-refractivity contribution in [3.8, 4) is 0 Å². The second-order valence-corrected chi connectivity index (χ2v) is 6.81. The molecule has 0 heterocycles. The molecule has 2 rings (SSSR count). The second kappa shape index (κ2) is 6.29. The van der Waals surface area contributed by atoms with E-state index in [2.05, 4.69) is 4.72 Å². The van der Waals surface area contributed by atoms with Crippen LogP contribution in [0.3, 0.4) is 0 Å². The fourth-order valence-corrected chi connectivity index (χ4v) is 3.40. The van der Waals surface area contributed by atoms with E-state index in [1.165, 1.54) is 12.1 Å². The van der Waals surface area contributed by atoms with Crippen LogP contribution in [0.2, 0.25) is 0 Å². The van der Waals surface area contributed by atoms with Gasteiger partial charge in [0.25, 0.3) is 0 Å². The summed E-state index contributed by atoms with van der Waals surface area (Å²) >= 11 is 0. The molecule has 0 spiro atoms. The van der Waals surface area contributed by atoms with E-state index < -0.39 is 15.9 Å². The SMILES string of the molecule is Cc1ccc(S(=O)(=O)N[C@@H](C)c2ccccc2)cc1C(N)=O. The molecule has 3 N–H and O–H groups in total. The molecule has 5 nitrogen and oxygen atoms in total. The molecule has 6 heteroatoms. The zero-order valence-corrected chi connectivity index (χ0v) is 13.2. The minimum atomic E-state index is -3.74. The molecule has 0 aliphatic rings. The highest BCUT2D eigenvalue weighted by Gasteiger charge is 2.20. The third kappa shape index (κ3) is 3.52. The second-order valence-electron chi connectivity index (χ2n) is 5.09. The summed E-state index contributed by atoms with van der Waals surface area (Å²) in [4.78, 5) is 11.4. The molecule has 1 amide bonds. The van der Waals surface area contributed by atoms with Crippen molar-refractivity contribution in [2.24, 2.45) is 5.73 Å². The number of sulfonamides is 1. The molecule has 0 unspecified atom stereocenters. The fraction of sp³-hybridized carbons (Fsp3) is 0.188. The van der Waals surface area contributed by atoms with Gasteiger partial charge in [-0.3, -0.25) is 4.79 Å². The average molecular weight is 318 g/mol. The van der Waals surface area contributed by atoms with Gasteiger partial charge in [0.2, 0.25) is 15.9 Å². The Hall–Kier alpha value is -2.18. The molecule has 0 aromatic heterocycles. The minimum absolute atomic E-state index is 0.0229. The summed E-state index contributed by atoms with van der Waals surface area (Å²) in [6.07, 6.45) is 0. The molecule has 1 atom stereocenters. The molecule has 0 bridgehead atoms. The summed E-state index contributed by atoms with van der Waals surface area (Å²) in [6.45, 7) is 3.46. The third-order valence-electron chi connectivity index (χ3n) is 3.42. The Kier molecular flexibility index (Phi) is 4.63. The number of carbonyl (C=O) groups is 1. The van der Waals surface area contributed by atoms with Crippen LogP contribution in [0.5, 0.6) is 0 Å². The number of hydrogen-bond donors (Lipinski definition) is 2. The van der Waals surface area contributed by atoms with Crippen molar-refractivity contribution in [1.29, 1.82) is 0 Å². The molecule has 0 fully saturated rings. The number of carbonyl (C=O) groups excluding carboxylic acids is 1. The molecule has 0 saturated carbocycles. The highest BCUT2D eigenvalue weighted by atomic mass is 32.2. The highest BCUT2D eigenvalue weighted by Crippen LogP contribution is 2.19. The van der Waals surface area contributed by atoms with E-state index in [4.69, 9.17) is 5.73 Å². The Morgan fingerprint density at radius 1 is 1.14 bits per heavy atom. The van der Waals surface area contributed by atoms with E-state index in [0.717, 1.165) is 5.56 Å². The molecular formula is C16H18N2O3S. The van der Waals surface area contributed by atoms with Crippen molar-refractivity contribution >= 4 is 15.9 Å². The Bertz CT molecular complexity index is 786. The normalized spacial score (nSPS) is 12.8. The van der Waals surface area contributed by atoms with Crippen LogP contribution in [0.1, 0.15) is 34.5 Å². The Morgan fingerprint density at radius 3 is 2.36 bits per heavy atom.